The van der Waals surface area contributed by atoms with E-state index in [4.69, 9.17) is 11.6 Å². The van der Waals surface area contributed by atoms with E-state index in [0.29, 0.717) is 16.4 Å². The summed E-state index contributed by atoms with van der Waals surface area (Å²) in [5.41, 5.74) is 2.72. The Morgan fingerprint density at radius 3 is 2.48 bits per heavy atom. The van der Waals surface area contributed by atoms with E-state index < -0.39 is 0 Å². The monoisotopic (exact) mass is 384 g/mol. The van der Waals surface area contributed by atoms with Crippen LogP contribution in [0.15, 0.2) is 36.5 Å². The van der Waals surface area contributed by atoms with Crippen molar-refractivity contribution in [3.05, 3.63) is 47.1 Å². The van der Waals surface area contributed by atoms with Crippen molar-refractivity contribution >= 4 is 34.7 Å². The van der Waals surface area contributed by atoms with E-state index in [2.05, 4.69) is 27.3 Å². The molecule has 3 heterocycles. The van der Waals surface area contributed by atoms with Crippen molar-refractivity contribution in [1.29, 1.82) is 0 Å². The highest BCUT2D eigenvalue weighted by atomic mass is 35.5. The summed E-state index contributed by atoms with van der Waals surface area (Å²) < 4.78 is 0. The van der Waals surface area contributed by atoms with Gasteiger partial charge in [0.15, 0.2) is 0 Å². The van der Waals surface area contributed by atoms with Crippen molar-refractivity contribution < 1.29 is 4.79 Å². The average Bonchev–Trinajstić information content (AvgIpc) is 3.25. The standard InChI is InChI=1S/C21H25ClN4O/c22-19-13-16(21(27)26-11-2-1-3-12-26)15-23-20(19)24-17-7-6-8-18(14-17)25-9-4-5-10-25/h6-8,13-15H,1-5,9-12H2,(H,23,24). The molecule has 1 aromatic heterocycles. The first-order valence-corrected chi connectivity index (χ1v) is 10.2. The second-order valence-electron chi connectivity index (χ2n) is 7.28. The van der Waals surface area contributed by atoms with Gasteiger partial charge in [0, 0.05) is 43.8 Å². The number of benzene rings is 1. The van der Waals surface area contributed by atoms with Gasteiger partial charge in [0.05, 0.1) is 10.6 Å². The summed E-state index contributed by atoms with van der Waals surface area (Å²) in [6, 6.07) is 10.0. The Balaban J connectivity index is 1.48. The van der Waals surface area contributed by atoms with E-state index in [0.717, 1.165) is 44.7 Å². The van der Waals surface area contributed by atoms with Gasteiger partial charge >= 0.3 is 0 Å². The fraction of sp³-hybridized carbons (Fsp3) is 0.429. The van der Waals surface area contributed by atoms with Crippen LogP contribution in [0.2, 0.25) is 5.02 Å². The number of piperidine rings is 1. The van der Waals surface area contributed by atoms with E-state index in [1.165, 1.54) is 24.9 Å². The first-order chi connectivity index (χ1) is 13.2. The van der Waals surface area contributed by atoms with Gasteiger partial charge in [0.1, 0.15) is 5.82 Å². The lowest BCUT2D eigenvalue weighted by Gasteiger charge is -2.26. The van der Waals surface area contributed by atoms with Gasteiger partial charge in [-0.05, 0) is 56.4 Å². The molecule has 6 heteroatoms. The number of hydrogen-bond acceptors (Lipinski definition) is 4. The van der Waals surface area contributed by atoms with Crippen LogP contribution >= 0.6 is 11.6 Å². The fourth-order valence-electron chi connectivity index (χ4n) is 3.82. The zero-order valence-electron chi connectivity index (χ0n) is 15.5. The lowest BCUT2D eigenvalue weighted by molar-refractivity contribution is 0.0724. The van der Waals surface area contributed by atoms with Gasteiger partial charge in [-0.2, -0.15) is 0 Å². The van der Waals surface area contributed by atoms with Crippen molar-refractivity contribution in [2.24, 2.45) is 0 Å². The van der Waals surface area contributed by atoms with Crippen LogP contribution in [0.25, 0.3) is 0 Å². The molecule has 2 aromatic rings. The molecule has 1 N–H and O–H groups in total. The van der Waals surface area contributed by atoms with Gasteiger partial charge < -0.3 is 15.1 Å². The molecule has 5 nitrogen and oxygen atoms in total. The van der Waals surface area contributed by atoms with E-state index in [-0.39, 0.29) is 5.91 Å². The van der Waals surface area contributed by atoms with Crippen LogP contribution in [-0.2, 0) is 0 Å². The summed E-state index contributed by atoms with van der Waals surface area (Å²) in [5, 5.41) is 3.75. The van der Waals surface area contributed by atoms with E-state index in [1.807, 2.05) is 17.0 Å². The first-order valence-electron chi connectivity index (χ1n) is 9.77. The number of pyridine rings is 1. The molecule has 27 heavy (non-hydrogen) atoms. The molecule has 2 fully saturated rings. The zero-order chi connectivity index (χ0) is 18.6. The number of amides is 1. The summed E-state index contributed by atoms with van der Waals surface area (Å²) in [4.78, 5) is 21.3. The third-order valence-electron chi connectivity index (χ3n) is 5.31. The van der Waals surface area contributed by atoms with Crippen molar-refractivity contribution in [2.75, 3.05) is 36.4 Å². The highest BCUT2D eigenvalue weighted by Gasteiger charge is 2.19. The average molecular weight is 385 g/mol. The predicted molar refractivity (Wildman–Crippen MR) is 110 cm³/mol. The molecule has 2 aliphatic heterocycles. The molecule has 0 saturated carbocycles. The molecule has 1 aromatic carbocycles. The molecule has 1 amide bonds. The molecule has 0 bridgehead atoms. The van der Waals surface area contributed by atoms with E-state index in [1.54, 1.807) is 12.3 Å². The molecule has 0 atom stereocenters. The predicted octanol–water partition coefficient (Wildman–Crippen LogP) is 4.70. The van der Waals surface area contributed by atoms with Crippen molar-refractivity contribution in [3.63, 3.8) is 0 Å². The minimum atomic E-state index is 0.0201. The number of carbonyl (C=O) groups excluding carboxylic acids is 1. The Labute approximate surface area is 165 Å². The number of likely N-dealkylation sites (tertiary alicyclic amines) is 1. The van der Waals surface area contributed by atoms with E-state index >= 15 is 0 Å². The molecular formula is C21H25ClN4O. The zero-order valence-corrected chi connectivity index (χ0v) is 16.2. The number of anilines is 3. The van der Waals surface area contributed by atoms with Gasteiger partial charge in [-0.3, -0.25) is 4.79 Å². The molecule has 4 rings (SSSR count). The molecule has 0 unspecified atom stereocenters. The summed E-state index contributed by atoms with van der Waals surface area (Å²) in [6.07, 6.45) is 7.45. The lowest BCUT2D eigenvalue weighted by Crippen LogP contribution is -2.35. The van der Waals surface area contributed by atoms with Gasteiger partial charge in [0.25, 0.3) is 5.91 Å². The number of nitrogens with one attached hydrogen (secondary N) is 1. The summed E-state index contributed by atoms with van der Waals surface area (Å²) in [7, 11) is 0. The maximum absolute atomic E-state index is 12.6. The van der Waals surface area contributed by atoms with E-state index in [9.17, 15) is 4.79 Å². The van der Waals surface area contributed by atoms with Crippen LogP contribution < -0.4 is 10.2 Å². The fourth-order valence-corrected chi connectivity index (χ4v) is 4.03. The highest BCUT2D eigenvalue weighted by Crippen LogP contribution is 2.28. The number of rotatable bonds is 4. The van der Waals surface area contributed by atoms with Crippen LogP contribution in [0.5, 0.6) is 0 Å². The van der Waals surface area contributed by atoms with Gasteiger partial charge in [0.2, 0.25) is 0 Å². The lowest BCUT2D eigenvalue weighted by atomic mass is 10.1. The van der Waals surface area contributed by atoms with Crippen LogP contribution in [0.4, 0.5) is 17.2 Å². The smallest absolute Gasteiger partial charge is 0.255 e. The molecule has 0 aliphatic carbocycles. The second kappa shape index (κ2) is 8.17. The molecule has 2 aliphatic rings. The number of nitrogens with zero attached hydrogens (tertiary/aromatic N) is 3. The third kappa shape index (κ3) is 4.19. The maximum atomic E-state index is 12.6. The topological polar surface area (TPSA) is 48.5 Å². The van der Waals surface area contributed by atoms with Crippen molar-refractivity contribution in [3.8, 4) is 0 Å². The Kier molecular flexibility index (Phi) is 5.48. The molecule has 2 saturated heterocycles. The Morgan fingerprint density at radius 1 is 1.00 bits per heavy atom. The van der Waals surface area contributed by atoms with Crippen LogP contribution in [0, 0.1) is 0 Å². The Hall–Kier alpha value is -2.27. The minimum absolute atomic E-state index is 0.0201. The first kappa shape index (κ1) is 18.1. The van der Waals surface area contributed by atoms with Crippen LogP contribution in [-0.4, -0.2) is 42.0 Å². The largest absolute Gasteiger partial charge is 0.371 e. The third-order valence-corrected chi connectivity index (χ3v) is 5.60. The van der Waals surface area contributed by atoms with Crippen LogP contribution in [0.3, 0.4) is 0 Å². The molecule has 0 radical (unpaired) electrons. The summed E-state index contributed by atoms with van der Waals surface area (Å²) >= 11 is 6.42. The molecule has 142 valence electrons. The summed E-state index contributed by atoms with van der Waals surface area (Å²) in [5.74, 6) is 0.595. The normalized spacial score (nSPS) is 17.2. The second-order valence-corrected chi connectivity index (χ2v) is 7.68. The Morgan fingerprint density at radius 2 is 1.74 bits per heavy atom. The maximum Gasteiger partial charge on any atom is 0.255 e. The highest BCUT2D eigenvalue weighted by molar-refractivity contribution is 6.33. The van der Waals surface area contributed by atoms with Gasteiger partial charge in [-0.1, -0.05) is 17.7 Å². The minimum Gasteiger partial charge on any atom is -0.371 e. The quantitative estimate of drug-likeness (QED) is 0.829. The van der Waals surface area contributed by atoms with Gasteiger partial charge in [-0.15, -0.1) is 0 Å². The molecule has 0 spiro atoms. The summed E-state index contributed by atoms with van der Waals surface area (Å²) in [6.45, 7) is 3.85. The molecular weight excluding hydrogens is 360 g/mol. The van der Waals surface area contributed by atoms with Crippen molar-refractivity contribution in [1.82, 2.24) is 9.88 Å². The number of halogens is 1. The number of aromatic nitrogens is 1. The van der Waals surface area contributed by atoms with Gasteiger partial charge in [-0.25, -0.2) is 4.98 Å². The SMILES string of the molecule is O=C(c1cnc(Nc2cccc(N3CCCC3)c2)c(Cl)c1)N1CCCCC1. The van der Waals surface area contributed by atoms with Crippen LogP contribution in [0.1, 0.15) is 42.5 Å². The van der Waals surface area contributed by atoms with Crippen molar-refractivity contribution in [2.45, 2.75) is 32.1 Å². The number of carbonyl (C=O) groups is 1. The Bertz CT molecular complexity index is 814. The number of hydrogen-bond donors (Lipinski definition) is 1.